The van der Waals surface area contributed by atoms with Crippen molar-refractivity contribution in [1.82, 2.24) is 4.90 Å². The number of aryl methyl sites for hydroxylation is 1. The maximum absolute atomic E-state index is 14.3. The Labute approximate surface area is 222 Å². The van der Waals surface area contributed by atoms with E-state index in [-0.39, 0.29) is 13.1 Å². The Morgan fingerprint density at radius 1 is 0.895 bits per heavy atom. The van der Waals surface area contributed by atoms with E-state index in [1.165, 1.54) is 4.90 Å². The molecule has 5 rings (SSSR count). The summed E-state index contributed by atoms with van der Waals surface area (Å²) < 4.78 is 48.4. The monoisotopic (exact) mass is 534 g/mol. The summed E-state index contributed by atoms with van der Waals surface area (Å²) in [6.07, 6.45) is 0. The zero-order chi connectivity index (χ0) is 26.8. The molecule has 4 aromatic carbocycles. The SMILES string of the molecule is Cc1cccc2c(-c3ccc(Cl)cc3)c(CN(Cc3ccccc3)C(=O)Nc3c(F)cc(F)cc3F)oc12. The molecule has 0 aliphatic rings. The van der Waals surface area contributed by atoms with Gasteiger partial charge in [0.25, 0.3) is 0 Å². The minimum atomic E-state index is -1.21. The molecule has 0 aliphatic carbocycles. The van der Waals surface area contributed by atoms with Gasteiger partial charge in [-0.15, -0.1) is 0 Å². The molecule has 1 aromatic heterocycles. The van der Waals surface area contributed by atoms with E-state index >= 15 is 0 Å². The molecule has 0 bridgehead atoms. The van der Waals surface area contributed by atoms with Crippen LogP contribution in [0, 0.1) is 24.4 Å². The van der Waals surface area contributed by atoms with Crippen molar-refractivity contribution in [3.05, 3.63) is 124 Å². The van der Waals surface area contributed by atoms with Gasteiger partial charge in [0.05, 0.1) is 6.54 Å². The van der Waals surface area contributed by atoms with Crippen molar-refractivity contribution in [2.75, 3.05) is 5.32 Å². The zero-order valence-electron chi connectivity index (χ0n) is 20.3. The number of carbonyl (C=O) groups is 1. The fourth-order valence-corrected chi connectivity index (χ4v) is 4.50. The fourth-order valence-electron chi connectivity index (χ4n) is 4.38. The fraction of sp³-hybridized carbons (Fsp3) is 0.100. The minimum absolute atomic E-state index is 0.0166. The molecular weight excluding hydrogens is 513 g/mol. The topological polar surface area (TPSA) is 45.5 Å². The molecule has 8 heteroatoms. The molecule has 5 aromatic rings. The Kier molecular flexibility index (Phi) is 7.11. The van der Waals surface area contributed by atoms with Crippen molar-refractivity contribution >= 4 is 34.3 Å². The van der Waals surface area contributed by atoms with Gasteiger partial charge in [-0.05, 0) is 35.7 Å². The largest absolute Gasteiger partial charge is 0.458 e. The van der Waals surface area contributed by atoms with Gasteiger partial charge >= 0.3 is 6.03 Å². The second kappa shape index (κ2) is 10.6. The molecule has 0 atom stereocenters. The zero-order valence-corrected chi connectivity index (χ0v) is 21.0. The molecule has 0 aliphatic heterocycles. The van der Waals surface area contributed by atoms with Crippen LogP contribution in [0.25, 0.3) is 22.1 Å². The summed E-state index contributed by atoms with van der Waals surface area (Å²) >= 11 is 6.12. The molecule has 2 amide bonds. The standard InChI is InChI=1S/C30H22ClF3N2O2/c1-18-6-5-9-23-27(20-10-12-21(31)13-11-20)26(38-29(18)23)17-36(16-19-7-3-2-4-8-19)30(37)35-28-24(33)14-22(32)15-25(28)34/h2-15H,16-17H2,1H3,(H,35,37). The van der Waals surface area contributed by atoms with Gasteiger partial charge in [0.1, 0.15) is 22.8 Å². The average Bonchev–Trinajstić information content (AvgIpc) is 3.26. The number of benzene rings is 4. The lowest BCUT2D eigenvalue weighted by molar-refractivity contribution is 0.201. The molecule has 38 heavy (non-hydrogen) atoms. The number of amides is 2. The van der Waals surface area contributed by atoms with Gasteiger partial charge in [0.15, 0.2) is 11.6 Å². The van der Waals surface area contributed by atoms with Crippen LogP contribution in [0.3, 0.4) is 0 Å². The van der Waals surface area contributed by atoms with E-state index in [1.807, 2.05) is 67.6 Å². The van der Waals surface area contributed by atoms with E-state index < -0.39 is 29.2 Å². The van der Waals surface area contributed by atoms with Gasteiger partial charge < -0.3 is 14.6 Å². The number of fused-ring (bicyclic) bond motifs is 1. The van der Waals surface area contributed by atoms with Gasteiger partial charge in [-0.25, -0.2) is 18.0 Å². The Hall–Kier alpha value is -4.23. The molecule has 0 radical (unpaired) electrons. The lowest BCUT2D eigenvalue weighted by Gasteiger charge is -2.23. The van der Waals surface area contributed by atoms with Crippen molar-refractivity contribution in [2.24, 2.45) is 0 Å². The van der Waals surface area contributed by atoms with E-state index in [1.54, 1.807) is 12.1 Å². The molecule has 0 unspecified atom stereocenters. The highest BCUT2D eigenvalue weighted by Gasteiger charge is 2.24. The van der Waals surface area contributed by atoms with Gasteiger partial charge in [0.2, 0.25) is 0 Å². The number of furan rings is 1. The van der Waals surface area contributed by atoms with Crippen molar-refractivity contribution in [2.45, 2.75) is 20.0 Å². The number of urea groups is 1. The average molecular weight is 535 g/mol. The van der Waals surface area contributed by atoms with Gasteiger partial charge in [-0.1, -0.05) is 72.3 Å². The number of nitrogens with zero attached hydrogens (tertiary/aromatic N) is 1. The lowest BCUT2D eigenvalue weighted by Crippen LogP contribution is -2.34. The quantitative estimate of drug-likeness (QED) is 0.237. The lowest BCUT2D eigenvalue weighted by atomic mass is 10.0. The predicted molar refractivity (Wildman–Crippen MR) is 142 cm³/mol. The van der Waals surface area contributed by atoms with Crippen LogP contribution < -0.4 is 5.32 Å². The third-order valence-corrected chi connectivity index (χ3v) is 6.45. The summed E-state index contributed by atoms with van der Waals surface area (Å²) in [5, 5.41) is 3.71. The highest BCUT2D eigenvalue weighted by molar-refractivity contribution is 6.30. The summed E-state index contributed by atoms with van der Waals surface area (Å²) in [6, 6.07) is 22.5. The highest BCUT2D eigenvalue weighted by Crippen LogP contribution is 2.38. The third kappa shape index (κ3) is 5.24. The first kappa shape index (κ1) is 25.4. The number of anilines is 1. The number of rotatable bonds is 6. The maximum Gasteiger partial charge on any atom is 0.322 e. The summed E-state index contributed by atoms with van der Waals surface area (Å²) in [4.78, 5) is 14.8. The van der Waals surface area contributed by atoms with Gasteiger partial charge in [-0.3, -0.25) is 0 Å². The van der Waals surface area contributed by atoms with Gasteiger partial charge in [-0.2, -0.15) is 0 Å². The highest BCUT2D eigenvalue weighted by atomic mass is 35.5. The van der Waals surface area contributed by atoms with E-state index in [0.29, 0.717) is 28.5 Å². The normalized spacial score (nSPS) is 11.1. The summed E-state index contributed by atoms with van der Waals surface area (Å²) in [7, 11) is 0. The Balaban J connectivity index is 1.57. The predicted octanol–water partition coefficient (Wildman–Crippen LogP) is 8.71. The molecule has 0 fully saturated rings. The van der Waals surface area contributed by atoms with Crippen LogP contribution in [-0.4, -0.2) is 10.9 Å². The van der Waals surface area contributed by atoms with E-state index in [4.69, 9.17) is 16.0 Å². The first-order chi connectivity index (χ1) is 18.3. The number of hydrogen-bond acceptors (Lipinski definition) is 2. The first-order valence-electron chi connectivity index (χ1n) is 11.8. The van der Waals surface area contributed by atoms with E-state index in [0.717, 1.165) is 27.6 Å². The molecule has 1 N–H and O–H groups in total. The molecule has 0 saturated carbocycles. The second-order valence-corrected chi connectivity index (χ2v) is 9.31. The van der Waals surface area contributed by atoms with Crippen LogP contribution in [0.4, 0.5) is 23.7 Å². The van der Waals surface area contributed by atoms with Crippen molar-refractivity contribution < 1.29 is 22.4 Å². The Morgan fingerprint density at radius 3 is 2.26 bits per heavy atom. The minimum Gasteiger partial charge on any atom is -0.458 e. The second-order valence-electron chi connectivity index (χ2n) is 8.87. The Bertz CT molecular complexity index is 1600. The van der Waals surface area contributed by atoms with Crippen LogP contribution >= 0.6 is 11.6 Å². The number of carbonyl (C=O) groups excluding carboxylic acids is 1. The summed E-state index contributed by atoms with van der Waals surface area (Å²) in [5.74, 6) is -3.01. The van der Waals surface area contributed by atoms with Crippen molar-refractivity contribution in [3.63, 3.8) is 0 Å². The van der Waals surface area contributed by atoms with Crippen LogP contribution in [0.5, 0.6) is 0 Å². The van der Waals surface area contributed by atoms with Crippen LogP contribution in [0.1, 0.15) is 16.9 Å². The van der Waals surface area contributed by atoms with Crippen LogP contribution in [0.2, 0.25) is 5.02 Å². The third-order valence-electron chi connectivity index (χ3n) is 6.19. The molecule has 1 heterocycles. The molecular formula is C30H22ClF3N2O2. The van der Waals surface area contributed by atoms with Crippen molar-refractivity contribution in [3.8, 4) is 11.1 Å². The molecule has 192 valence electrons. The molecule has 0 spiro atoms. The number of nitrogens with one attached hydrogen (secondary N) is 1. The summed E-state index contributed by atoms with van der Waals surface area (Å²) in [6.45, 7) is 2.03. The van der Waals surface area contributed by atoms with E-state index in [9.17, 15) is 18.0 Å². The number of hydrogen-bond donors (Lipinski definition) is 1. The van der Waals surface area contributed by atoms with Gasteiger partial charge in [0, 0.05) is 34.6 Å². The van der Waals surface area contributed by atoms with E-state index in [2.05, 4.69) is 5.32 Å². The maximum atomic E-state index is 14.3. The first-order valence-corrected chi connectivity index (χ1v) is 12.2. The summed E-state index contributed by atoms with van der Waals surface area (Å²) in [5.41, 5.74) is 3.27. The molecule has 0 saturated heterocycles. The van der Waals surface area contributed by atoms with Crippen LogP contribution in [-0.2, 0) is 13.1 Å². The molecule has 4 nitrogen and oxygen atoms in total. The Morgan fingerprint density at radius 2 is 1.58 bits per heavy atom. The number of halogens is 4. The number of para-hydroxylation sites is 1. The smallest absolute Gasteiger partial charge is 0.322 e. The van der Waals surface area contributed by atoms with Crippen LogP contribution in [0.15, 0.2) is 89.3 Å². The van der Waals surface area contributed by atoms with Crippen molar-refractivity contribution in [1.29, 1.82) is 0 Å².